The molecule has 0 saturated carbocycles. The average Bonchev–Trinajstić information content (AvgIpc) is 2.88. The van der Waals surface area contributed by atoms with Crippen molar-refractivity contribution < 1.29 is 19.2 Å². The zero-order valence-corrected chi connectivity index (χ0v) is 19.9. The Morgan fingerprint density at radius 2 is 1.69 bits per heavy atom. The van der Waals surface area contributed by atoms with Crippen LogP contribution in [0.15, 0.2) is 72.8 Å². The molecule has 4 amide bonds. The van der Waals surface area contributed by atoms with Crippen molar-refractivity contribution in [2.75, 3.05) is 28.6 Å². The molecule has 0 saturated heterocycles. The molecule has 5 rings (SSSR count). The van der Waals surface area contributed by atoms with Gasteiger partial charge in [0.2, 0.25) is 17.7 Å². The number of hydrogen-bond acceptors (Lipinski definition) is 4. The molecular weight excluding hydrogens is 456 g/mol. The maximum absolute atomic E-state index is 13.1. The van der Waals surface area contributed by atoms with Crippen LogP contribution in [0, 0.1) is 0 Å². The van der Waals surface area contributed by atoms with E-state index in [1.54, 1.807) is 47.4 Å². The minimum absolute atomic E-state index is 0.0573. The highest BCUT2D eigenvalue weighted by molar-refractivity contribution is 6.15. The zero-order valence-electron chi connectivity index (χ0n) is 19.9. The van der Waals surface area contributed by atoms with Gasteiger partial charge in [0.1, 0.15) is 6.54 Å². The molecule has 36 heavy (non-hydrogen) atoms. The second-order valence-corrected chi connectivity index (χ2v) is 8.96. The van der Waals surface area contributed by atoms with Gasteiger partial charge in [-0.1, -0.05) is 36.4 Å². The maximum atomic E-state index is 13.1. The minimum atomic E-state index is -0.321. The molecule has 1 atom stereocenters. The molecule has 3 aromatic rings. The predicted molar refractivity (Wildman–Crippen MR) is 137 cm³/mol. The Labute approximate surface area is 208 Å². The van der Waals surface area contributed by atoms with E-state index in [1.807, 2.05) is 30.3 Å². The van der Waals surface area contributed by atoms with E-state index >= 15 is 0 Å². The van der Waals surface area contributed by atoms with Crippen LogP contribution >= 0.6 is 0 Å². The fourth-order valence-corrected chi connectivity index (χ4v) is 4.90. The molecule has 0 bridgehead atoms. The first-order valence-corrected chi connectivity index (χ1v) is 11.9. The van der Waals surface area contributed by atoms with Crippen molar-refractivity contribution in [2.24, 2.45) is 0 Å². The summed E-state index contributed by atoms with van der Waals surface area (Å²) < 4.78 is 0. The molecule has 8 nitrogen and oxygen atoms in total. The Bertz CT molecular complexity index is 1350. The van der Waals surface area contributed by atoms with E-state index in [0.717, 1.165) is 17.5 Å². The quantitative estimate of drug-likeness (QED) is 0.592. The van der Waals surface area contributed by atoms with Gasteiger partial charge in [0, 0.05) is 24.7 Å². The third-order valence-electron chi connectivity index (χ3n) is 6.63. The molecule has 1 unspecified atom stereocenters. The van der Waals surface area contributed by atoms with Gasteiger partial charge in [-0.05, 0) is 53.9 Å². The topological polar surface area (TPSA) is 98.8 Å². The summed E-state index contributed by atoms with van der Waals surface area (Å²) >= 11 is 0. The Morgan fingerprint density at radius 3 is 2.47 bits per heavy atom. The van der Waals surface area contributed by atoms with Gasteiger partial charge >= 0.3 is 0 Å². The summed E-state index contributed by atoms with van der Waals surface area (Å²) in [5.41, 5.74) is 4.34. The Kier molecular flexibility index (Phi) is 6.25. The van der Waals surface area contributed by atoms with E-state index in [4.69, 9.17) is 0 Å². The summed E-state index contributed by atoms with van der Waals surface area (Å²) in [6, 6.07) is 21.3. The third-order valence-corrected chi connectivity index (χ3v) is 6.63. The van der Waals surface area contributed by atoms with Gasteiger partial charge in [-0.15, -0.1) is 0 Å². The molecule has 2 aliphatic heterocycles. The summed E-state index contributed by atoms with van der Waals surface area (Å²) in [6.45, 7) is 2.04. The van der Waals surface area contributed by atoms with E-state index in [0.29, 0.717) is 29.2 Å². The SMILES string of the molecule is CC(=O)N1CCc2ccccc2C1CC(=O)Nc1ccc(C(=O)N2CC(=O)Nc3ccccc32)cc1. The van der Waals surface area contributed by atoms with E-state index in [9.17, 15) is 19.2 Å². The monoisotopic (exact) mass is 482 g/mol. The molecule has 8 heteroatoms. The summed E-state index contributed by atoms with van der Waals surface area (Å²) in [5, 5.41) is 5.65. The molecule has 2 heterocycles. The fraction of sp³-hybridized carbons (Fsp3) is 0.214. The number of nitrogens with one attached hydrogen (secondary N) is 2. The molecule has 0 spiro atoms. The highest BCUT2D eigenvalue weighted by Crippen LogP contribution is 2.33. The second-order valence-electron chi connectivity index (χ2n) is 8.96. The van der Waals surface area contributed by atoms with E-state index in [-0.39, 0.29) is 42.6 Å². The highest BCUT2D eigenvalue weighted by Gasteiger charge is 2.31. The number of hydrogen-bond donors (Lipinski definition) is 2. The van der Waals surface area contributed by atoms with Crippen molar-refractivity contribution >= 4 is 40.7 Å². The number of carbonyl (C=O) groups excluding carboxylic acids is 4. The molecule has 2 N–H and O–H groups in total. The van der Waals surface area contributed by atoms with Crippen LogP contribution in [0.1, 0.15) is 40.9 Å². The van der Waals surface area contributed by atoms with Crippen molar-refractivity contribution in [1.82, 2.24) is 4.90 Å². The number of carbonyl (C=O) groups is 4. The zero-order chi connectivity index (χ0) is 25.2. The van der Waals surface area contributed by atoms with Gasteiger partial charge in [-0.25, -0.2) is 0 Å². The van der Waals surface area contributed by atoms with Gasteiger partial charge in [0.25, 0.3) is 5.91 Å². The summed E-state index contributed by atoms with van der Waals surface area (Å²) in [5.74, 6) is -0.831. The smallest absolute Gasteiger partial charge is 0.258 e. The third kappa shape index (κ3) is 4.57. The first kappa shape index (κ1) is 23.3. The summed E-state index contributed by atoms with van der Waals surface area (Å²) in [4.78, 5) is 53.6. The molecule has 0 radical (unpaired) electrons. The Balaban J connectivity index is 1.29. The molecule has 0 fully saturated rings. The summed E-state index contributed by atoms with van der Waals surface area (Å²) in [6.07, 6.45) is 0.906. The molecule has 3 aromatic carbocycles. The number of para-hydroxylation sites is 2. The van der Waals surface area contributed by atoms with Crippen LogP contribution in [0.2, 0.25) is 0 Å². The maximum Gasteiger partial charge on any atom is 0.258 e. The van der Waals surface area contributed by atoms with Crippen molar-refractivity contribution in [2.45, 2.75) is 25.8 Å². The van der Waals surface area contributed by atoms with Crippen molar-refractivity contribution in [3.63, 3.8) is 0 Å². The van der Waals surface area contributed by atoms with E-state index in [1.165, 1.54) is 11.8 Å². The summed E-state index contributed by atoms with van der Waals surface area (Å²) in [7, 11) is 0. The fourth-order valence-electron chi connectivity index (χ4n) is 4.90. The minimum Gasteiger partial charge on any atom is -0.335 e. The number of nitrogens with zero attached hydrogens (tertiary/aromatic N) is 2. The van der Waals surface area contributed by atoms with Crippen LogP contribution in [-0.4, -0.2) is 41.6 Å². The van der Waals surface area contributed by atoms with Gasteiger partial charge in [-0.3, -0.25) is 24.1 Å². The number of benzene rings is 3. The van der Waals surface area contributed by atoms with Gasteiger partial charge in [0.15, 0.2) is 0 Å². The van der Waals surface area contributed by atoms with Crippen molar-refractivity contribution in [3.8, 4) is 0 Å². The Morgan fingerprint density at radius 1 is 0.972 bits per heavy atom. The average molecular weight is 483 g/mol. The van der Waals surface area contributed by atoms with Crippen LogP contribution in [-0.2, 0) is 20.8 Å². The van der Waals surface area contributed by atoms with Crippen LogP contribution in [0.3, 0.4) is 0 Å². The second kappa shape index (κ2) is 9.65. The van der Waals surface area contributed by atoms with Crippen LogP contribution in [0.4, 0.5) is 17.1 Å². The van der Waals surface area contributed by atoms with Crippen LogP contribution in [0.25, 0.3) is 0 Å². The number of fused-ring (bicyclic) bond motifs is 2. The van der Waals surface area contributed by atoms with Crippen LogP contribution < -0.4 is 15.5 Å². The lowest BCUT2D eigenvalue weighted by atomic mass is 9.90. The number of amides is 4. The lowest BCUT2D eigenvalue weighted by Crippen LogP contribution is -2.42. The predicted octanol–water partition coefficient (Wildman–Crippen LogP) is 3.76. The molecular formula is C28H26N4O4. The van der Waals surface area contributed by atoms with Crippen molar-refractivity contribution in [3.05, 3.63) is 89.5 Å². The first-order valence-electron chi connectivity index (χ1n) is 11.9. The normalized spacial score (nSPS) is 16.5. The first-order chi connectivity index (χ1) is 17.4. The lowest BCUT2D eigenvalue weighted by Gasteiger charge is -2.36. The largest absolute Gasteiger partial charge is 0.335 e. The van der Waals surface area contributed by atoms with Crippen molar-refractivity contribution in [1.29, 1.82) is 0 Å². The van der Waals surface area contributed by atoms with E-state index < -0.39 is 0 Å². The van der Waals surface area contributed by atoms with Gasteiger partial charge < -0.3 is 15.5 Å². The lowest BCUT2D eigenvalue weighted by molar-refractivity contribution is -0.132. The number of rotatable bonds is 4. The molecule has 0 aliphatic carbocycles. The molecule has 0 aromatic heterocycles. The molecule has 182 valence electrons. The van der Waals surface area contributed by atoms with Gasteiger partial charge in [0.05, 0.1) is 23.8 Å². The van der Waals surface area contributed by atoms with E-state index in [2.05, 4.69) is 10.6 Å². The standard InChI is InChI=1S/C28H26N4O4/c1-18(33)31-15-14-19-6-2-3-7-22(19)25(31)16-26(34)29-21-12-10-20(11-13-21)28(36)32-17-27(35)30-23-8-4-5-9-24(23)32/h2-13,25H,14-17H2,1H3,(H,29,34)(H,30,35). The van der Waals surface area contributed by atoms with Gasteiger partial charge in [-0.2, -0.15) is 0 Å². The highest BCUT2D eigenvalue weighted by atomic mass is 16.2. The Hall–Kier alpha value is -4.46. The van der Waals surface area contributed by atoms with Crippen LogP contribution in [0.5, 0.6) is 0 Å². The molecule has 2 aliphatic rings. The number of anilines is 3.